The van der Waals surface area contributed by atoms with Crippen LogP contribution in [-0.2, 0) is 65.4 Å². The number of hydrogen-bond acceptors (Lipinski definition) is 15. The van der Waals surface area contributed by atoms with E-state index >= 15 is 0 Å². The molecule has 0 amide bonds. The second-order valence-corrected chi connectivity index (χ2v) is 27.1. The van der Waals surface area contributed by atoms with Crippen LogP contribution in [0, 0.1) is 23.7 Å². The zero-order valence-corrected chi connectivity index (χ0v) is 54.9. The maximum Gasteiger partial charge on any atom is 0.472 e. The molecule has 0 aliphatic carbocycles. The number of hydrogen-bond donors (Lipinski definition) is 3. The van der Waals surface area contributed by atoms with Crippen molar-refractivity contribution in [2.24, 2.45) is 23.7 Å². The average molecular weight is 1210 g/mol. The first-order valence-corrected chi connectivity index (χ1v) is 35.8. The fourth-order valence-electron chi connectivity index (χ4n) is 9.19. The minimum Gasteiger partial charge on any atom is -0.462 e. The summed E-state index contributed by atoms with van der Waals surface area (Å²) in [5.41, 5.74) is 0. The highest BCUT2D eigenvalue weighted by atomic mass is 31.2. The summed E-state index contributed by atoms with van der Waals surface area (Å²) in [7, 11) is -9.89. The molecule has 0 aliphatic rings. The van der Waals surface area contributed by atoms with Gasteiger partial charge in [0.1, 0.15) is 19.3 Å². The van der Waals surface area contributed by atoms with Crippen LogP contribution in [0.1, 0.15) is 299 Å². The first-order chi connectivity index (χ1) is 39.2. The van der Waals surface area contributed by atoms with E-state index in [2.05, 4.69) is 55.4 Å². The molecule has 0 saturated carbocycles. The van der Waals surface area contributed by atoms with Crippen LogP contribution >= 0.6 is 15.6 Å². The number of aliphatic hydroxyl groups is 1. The molecule has 0 aromatic carbocycles. The van der Waals surface area contributed by atoms with Crippen LogP contribution in [0.4, 0.5) is 0 Å². The van der Waals surface area contributed by atoms with Crippen molar-refractivity contribution < 1.29 is 80.2 Å². The zero-order valence-electron chi connectivity index (χ0n) is 53.1. The van der Waals surface area contributed by atoms with Gasteiger partial charge in [-0.1, -0.05) is 248 Å². The van der Waals surface area contributed by atoms with Crippen LogP contribution in [0.15, 0.2) is 0 Å². The van der Waals surface area contributed by atoms with Gasteiger partial charge in [0.25, 0.3) is 0 Å². The largest absolute Gasteiger partial charge is 0.472 e. The Labute approximate surface area is 498 Å². The van der Waals surface area contributed by atoms with E-state index in [4.69, 9.17) is 37.0 Å². The Balaban J connectivity index is 5.23. The summed E-state index contributed by atoms with van der Waals surface area (Å²) in [5.74, 6) is 0.731. The molecule has 4 unspecified atom stereocenters. The molecule has 19 heteroatoms. The van der Waals surface area contributed by atoms with Gasteiger partial charge in [-0.3, -0.25) is 37.3 Å². The zero-order chi connectivity index (χ0) is 61.1. The normalized spacial score (nSPS) is 15.1. The van der Waals surface area contributed by atoms with Crippen molar-refractivity contribution in [2.75, 3.05) is 39.6 Å². The highest BCUT2D eigenvalue weighted by Crippen LogP contribution is 2.45. The molecule has 0 saturated heterocycles. The molecule has 486 valence electrons. The van der Waals surface area contributed by atoms with E-state index in [0.717, 1.165) is 108 Å². The lowest BCUT2D eigenvalue weighted by molar-refractivity contribution is -0.161. The van der Waals surface area contributed by atoms with Gasteiger partial charge in [0.2, 0.25) is 0 Å². The van der Waals surface area contributed by atoms with Crippen LogP contribution in [0.25, 0.3) is 0 Å². The second kappa shape index (κ2) is 53.3. The van der Waals surface area contributed by atoms with Gasteiger partial charge in [-0.15, -0.1) is 0 Å². The van der Waals surface area contributed by atoms with Gasteiger partial charge in [-0.25, -0.2) is 9.13 Å². The molecule has 0 radical (unpaired) electrons. The SMILES string of the molecule is CCC(C)CCCCCCCCCCCCC(=O)OC[C@H](COP(=O)(O)OC[C@@H](O)COP(=O)(O)OC[C@@H](COC(=O)CCCCCCCCC(C)C)OC(=O)CCCCCCCCC(C)C)OC(=O)CCCCCCCCC(C)CC. The number of unbranched alkanes of at least 4 members (excludes halogenated alkanes) is 24. The van der Waals surface area contributed by atoms with Gasteiger partial charge in [0, 0.05) is 25.7 Å². The van der Waals surface area contributed by atoms with Gasteiger partial charge in [0.05, 0.1) is 26.4 Å². The number of carbonyl (C=O) groups is 4. The smallest absolute Gasteiger partial charge is 0.462 e. The van der Waals surface area contributed by atoms with Crippen molar-refractivity contribution >= 4 is 39.5 Å². The first-order valence-electron chi connectivity index (χ1n) is 32.8. The average Bonchev–Trinajstić information content (AvgIpc) is 3.46. The summed E-state index contributed by atoms with van der Waals surface area (Å²) in [6.07, 6.45) is 32.4. The lowest BCUT2D eigenvalue weighted by Crippen LogP contribution is -2.30. The Kier molecular flexibility index (Phi) is 52.0. The summed E-state index contributed by atoms with van der Waals surface area (Å²) >= 11 is 0. The van der Waals surface area contributed by atoms with Crippen molar-refractivity contribution in [3.05, 3.63) is 0 Å². The van der Waals surface area contributed by atoms with E-state index in [-0.39, 0.29) is 25.7 Å². The third-order valence-electron chi connectivity index (χ3n) is 15.0. The molecule has 0 bridgehead atoms. The number of phosphoric ester groups is 2. The summed E-state index contributed by atoms with van der Waals surface area (Å²) in [4.78, 5) is 72.1. The summed E-state index contributed by atoms with van der Waals surface area (Å²) in [6, 6.07) is 0. The van der Waals surface area contributed by atoms with E-state index in [1.54, 1.807) is 0 Å². The quantitative estimate of drug-likeness (QED) is 0.0222. The van der Waals surface area contributed by atoms with Gasteiger partial charge < -0.3 is 33.8 Å². The number of aliphatic hydroxyl groups excluding tert-OH is 1. The van der Waals surface area contributed by atoms with Gasteiger partial charge in [0.15, 0.2) is 12.2 Å². The van der Waals surface area contributed by atoms with Crippen molar-refractivity contribution in [2.45, 2.75) is 318 Å². The summed E-state index contributed by atoms with van der Waals surface area (Å²) < 4.78 is 67.9. The molecule has 0 spiro atoms. The van der Waals surface area contributed by atoms with E-state index in [1.807, 2.05) is 0 Å². The Bertz CT molecular complexity index is 1650. The molecule has 7 atom stereocenters. The van der Waals surface area contributed by atoms with E-state index in [0.29, 0.717) is 37.5 Å². The Morgan fingerprint density at radius 1 is 0.341 bits per heavy atom. The lowest BCUT2D eigenvalue weighted by atomic mass is 9.99. The molecular weight excluding hydrogens is 1090 g/mol. The highest BCUT2D eigenvalue weighted by Gasteiger charge is 2.30. The molecule has 17 nitrogen and oxygen atoms in total. The van der Waals surface area contributed by atoms with Crippen LogP contribution in [0.2, 0.25) is 0 Å². The van der Waals surface area contributed by atoms with E-state index in [1.165, 1.54) is 96.3 Å². The van der Waals surface area contributed by atoms with Crippen LogP contribution in [0.3, 0.4) is 0 Å². The van der Waals surface area contributed by atoms with Gasteiger partial charge >= 0.3 is 39.5 Å². The van der Waals surface area contributed by atoms with Crippen molar-refractivity contribution in [3.63, 3.8) is 0 Å². The molecule has 0 aliphatic heterocycles. The minimum atomic E-state index is -4.94. The number of rotatable bonds is 60. The Hall–Kier alpha value is -1.94. The molecule has 0 aromatic heterocycles. The maximum atomic E-state index is 13.0. The summed E-state index contributed by atoms with van der Waals surface area (Å²) in [6.45, 7) is 13.9. The Morgan fingerprint density at radius 3 is 0.866 bits per heavy atom. The van der Waals surface area contributed by atoms with E-state index in [9.17, 15) is 43.2 Å². The standard InChI is InChI=1S/C63H122O17P2/c1-9-55(7)41-33-25-15-13-11-12-14-16-27-35-43-60(65)73-49-58(80-63(68)46-38-30-22-19-26-34-42-56(8)10-2)51-77-81(69,70)75-47-57(64)48-76-82(71,72)78-52-59(79-62(67)45-37-29-21-18-24-32-40-54(5)6)50-74-61(66)44-36-28-20-17-23-31-39-53(3)4/h53-59,64H,9-52H2,1-8H3,(H,69,70)(H,71,72)/t55?,56?,57-,58-,59-/m1/s1. The third kappa shape index (κ3) is 54.7. The van der Waals surface area contributed by atoms with E-state index < -0.39 is 97.5 Å². The van der Waals surface area contributed by atoms with Crippen molar-refractivity contribution in [1.82, 2.24) is 0 Å². The van der Waals surface area contributed by atoms with Crippen molar-refractivity contribution in [1.29, 1.82) is 0 Å². The maximum absolute atomic E-state index is 13.0. The Morgan fingerprint density at radius 2 is 0.585 bits per heavy atom. The third-order valence-corrected chi connectivity index (χ3v) is 16.9. The first kappa shape index (κ1) is 80.1. The van der Waals surface area contributed by atoms with Crippen LogP contribution < -0.4 is 0 Å². The number of carbonyl (C=O) groups excluding carboxylic acids is 4. The number of ether oxygens (including phenoxy) is 4. The fourth-order valence-corrected chi connectivity index (χ4v) is 10.8. The molecule has 0 fully saturated rings. The fraction of sp³-hybridized carbons (Fsp3) is 0.937. The minimum absolute atomic E-state index is 0.100. The molecule has 0 aromatic rings. The van der Waals surface area contributed by atoms with Crippen LogP contribution in [0.5, 0.6) is 0 Å². The lowest BCUT2D eigenvalue weighted by Gasteiger charge is -2.21. The molecule has 3 N–H and O–H groups in total. The number of phosphoric acid groups is 2. The topological polar surface area (TPSA) is 237 Å². The summed E-state index contributed by atoms with van der Waals surface area (Å²) in [5, 5.41) is 10.5. The van der Waals surface area contributed by atoms with Gasteiger partial charge in [-0.2, -0.15) is 0 Å². The highest BCUT2D eigenvalue weighted by molar-refractivity contribution is 7.47. The predicted octanol–water partition coefficient (Wildman–Crippen LogP) is 17.0. The van der Waals surface area contributed by atoms with Gasteiger partial charge in [-0.05, 0) is 49.4 Å². The predicted molar refractivity (Wildman–Crippen MR) is 326 cm³/mol. The second-order valence-electron chi connectivity index (χ2n) is 24.2. The van der Waals surface area contributed by atoms with Crippen molar-refractivity contribution in [3.8, 4) is 0 Å². The molecule has 82 heavy (non-hydrogen) atoms. The molecular formula is C63H122O17P2. The molecule has 0 rings (SSSR count). The number of esters is 4. The monoisotopic (exact) mass is 1210 g/mol. The molecule has 0 heterocycles. The van der Waals surface area contributed by atoms with Crippen LogP contribution in [-0.4, -0.2) is 96.7 Å².